The number of nitrogens with two attached hydrogens (primary N) is 1. The van der Waals surface area contributed by atoms with Gasteiger partial charge in [0.25, 0.3) is 5.56 Å². The van der Waals surface area contributed by atoms with Crippen LogP contribution in [0.2, 0.25) is 0 Å². The summed E-state index contributed by atoms with van der Waals surface area (Å²) in [5.41, 5.74) is 9.22. The molecule has 0 saturated carbocycles. The van der Waals surface area contributed by atoms with E-state index in [1.165, 1.54) is 0 Å². The number of morpholine rings is 1. The normalized spacial score (nSPS) is 15.1. The molecule has 1 aliphatic heterocycles. The maximum atomic E-state index is 12.6. The van der Waals surface area contributed by atoms with E-state index in [0.29, 0.717) is 34.9 Å². The Labute approximate surface area is 172 Å². The standard InChI is InChI=1S/C22H23N5O3/c23-19-18(30-12-9-27-7-10-29-11-8-27)6-5-17-20(19)26-21(24-17)15-13-14-3-1-2-4-16(14)25-22(15)28/h1-6,13H,7-12,23H2,(H,24,26)(H,25,28). The molecule has 4 aromatic rings. The SMILES string of the molecule is Nc1c(OCCN2CCOCC2)ccc2[nH]c(-c3cc4ccccc4[nH]c3=O)nc12. The number of H-pyrrole nitrogens is 2. The van der Waals surface area contributed by atoms with E-state index in [1.54, 1.807) is 0 Å². The second-order valence-corrected chi connectivity index (χ2v) is 7.36. The number of aromatic nitrogens is 3. The highest BCUT2D eigenvalue weighted by atomic mass is 16.5. The minimum atomic E-state index is -0.201. The van der Waals surface area contributed by atoms with Crippen LogP contribution in [-0.4, -0.2) is 59.3 Å². The summed E-state index contributed by atoms with van der Waals surface area (Å²) in [6.45, 7) is 4.72. The van der Waals surface area contributed by atoms with Gasteiger partial charge in [-0.2, -0.15) is 0 Å². The molecular formula is C22H23N5O3. The molecule has 0 spiro atoms. The number of imidazole rings is 1. The van der Waals surface area contributed by atoms with Crippen LogP contribution >= 0.6 is 0 Å². The molecular weight excluding hydrogens is 382 g/mol. The summed E-state index contributed by atoms with van der Waals surface area (Å²) in [7, 11) is 0. The summed E-state index contributed by atoms with van der Waals surface area (Å²) in [6.07, 6.45) is 0. The lowest BCUT2D eigenvalue weighted by Gasteiger charge is -2.26. The topological polar surface area (TPSA) is 109 Å². The number of nitrogens with one attached hydrogen (secondary N) is 2. The van der Waals surface area contributed by atoms with Gasteiger partial charge in [0, 0.05) is 25.2 Å². The van der Waals surface area contributed by atoms with Gasteiger partial charge in [0.2, 0.25) is 0 Å². The maximum Gasteiger partial charge on any atom is 0.259 e. The van der Waals surface area contributed by atoms with Gasteiger partial charge in [0.1, 0.15) is 29.4 Å². The number of ether oxygens (including phenoxy) is 2. The number of nitrogen functional groups attached to an aromatic ring is 1. The number of anilines is 1. The third-order valence-electron chi connectivity index (χ3n) is 5.43. The van der Waals surface area contributed by atoms with E-state index >= 15 is 0 Å². The lowest BCUT2D eigenvalue weighted by Crippen LogP contribution is -2.38. The molecule has 8 nitrogen and oxygen atoms in total. The number of para-hydroxylation sites is 1. The van der Waals surface area contributed by atoms with Crippen LogP contribution < -0.4 is 16.0 Å². The van der Waals surface area contributed by atoms with Crippen LogP contribution in [0.15, 0.2) is 47.3 Å². The van der Waals surface area contributed by atoms with Gasteiger partial charge in [0.15, 0.2) is 0 Å². The Hall–Kier alpha value is -3.36. The van der Waals surface area contributed by atoms with Crippen molar-refractivity contribution in [2.45, 2.75) is 0 Å². The van der Waals surface area contributed by atoms with Gasteiger partial charge in [-0.1, -0.05) is 18.2 Å². The summed E-state index contributed by atoms with van der Waals surface area (Å²) >= 11 is 0. The van der Waals surface area contributed by atoms with Gasteiger partial charge in [0.05, 0.1) is 24.3 Å². The fourth-order valence-corrected chi connectivity index (χ4v) is 3.76. The predicted octanol–water partition coefficient (Wildman–Crippen LogP) is 2.36. The number of rotatable bonds is 5. The van der Waals surface area contributed by atoms with Crippen LogP contribution in [0, 0.1) is 0 Å². The summed E-state index contributed by atoms with van der Waals surface area (Å²) in [4.78, 5) is 25.6. The molecule has 30 heavy (non-hydrogen) atoms. The maximum absolute atomic E-state index is 12.6. The van der Waals surface area contributed by atoms with Crippen molar-refractivity contribution >= 4 is 27.6 Å². The number of hydrogen-bond acceptors (Lipinski definition) is 6. The Bertz CT molecular complexity index is 1260. The molecule has 0 atom stereocenters. The summed E-state index contributed by atoms with van der Waals surface area (Å²) < 4.78 is 11.3. The predicted molar refractivity (Wildman–Crippen MR) is 117 cm³/mol. The zero-order valence-electron chi connectivity index (χ0n) is 16.5. The Morgan fingerprint density at radius 1 is 1.10 bits per heavy atom. The molecule has 154 valence electrons. The van der Waals surface area contributed by atoms with Crippen LogP contribution in [0.5, 0.6) is 5.75 Å². The lowest BCUT2D eigenvalue weighted by atomic mass is 10.1. The fourth-order valence-electron chi connectivity index (χ4n) is 3.76. The molecule has 0 amide bonds. The van der Waals surface area contributed by atoms with Gasteiger partial charge in [-0.3, -0.25) is 9.69 Å². The van der Waals surface area contributed by atoms with Crippen LogP contribution in [0.25, 0.3) is 33.3 Å². The van der Waals surface area contributed by atoms with Crippen LogP contribution in [0.4, 0.5) is 5.69 Å². The average molecular weight is 405 g/mol. The molecule has 2 aromatic carbocycles. The molecule has 4 N–H and O–H groups in total. The first-order valence-electron chi connectivity index (χ1n) is 10.0. The van der Waals surface area contributed by atoms with E-state index in [2.05, 4.69) is 19.9 Å². The van der Waals surface area contributed by atoms with Crippen molar-refractivity contribution in [3.63, 3.8) is 0 Å². The van der Waals surface area contributed by atoms with Crippen molar-refractivity contribution in [2.75, 3.05) is 45.2 Å². The Morgan fingerprint density at radius 2 is 1.93 bits per heavy atom. The van der Waals surface area contributed by atoms with E-state index < -0.39 is 0 Å². The highest BCUT2D eigenvalue weighted by Crippen LogP contribution is 2.31. The molecule has 5 rings (SSSR count). The van der Waals surface area contributed by atoms with Crippen molar-refractivity contribution in [1.29, 1.82) is 0 Å². The molecule has 1 aliphatic rings. The molecule has 2 aromatic heterocycles. The Morgan fingerprint density at radius 3 is 2.80 bits per heavy atom. The first-order valence-corrected chi connectivity index (χ1v) is 10.0. The number of pyridine rings is 1. The van der Waals surface area contributed by atoms with Gasteiger partial charge in [-0.15, -0.1) is 0 Å². The quantitative estimate of drug-likeness (QED) is 0.440. The smallest absolute Gasteiger partial charge is 0.259 e. The zero-order valence-corrected chi connectivity index (χ0v) is 16.5. The molecule has 1 saturated heterocycles. The van der Waals surface area contributed by atoms with Gasteiger partial charge < -0.3 is 25.2 Å². The molecule has 0 radical (unpaired) electrons. The molecule has 1 fully saturated rings. The number of aromatic amines is 2. The van der Waals surface area contributed by atoms with Crippen LogP contribution in [0.1, 0.15) is 0 Å². The second-order valence-electron chi connectivity index (χ2n) is 7.36. The van der Waals surface area contributed by atoms with Gasteiger partial charge in [-0.25, -0.2) is 4.98 Å². The molecule has 3 heterocycles. The third-order valence-corrected chi connectivity index (χ3v) is 5.43. The molecule has 0 unspecified atom stereocenters. The second kappa shape index (κ2) is 7.81. The van der Waals surface area contributed by atoms with Crippen LogP contribution in [0.3, 0.4) is 0 Å². The first-order chi connectivity index (χ1) is 14.7. The summed E-state index contributed by atoms with van der Waals surface area (Å²) in [6, 6.07) is 13.2. The van der Waals surface area contributed by atoms with E-state index in [-0.39, 0.29) is 5.56 Å². The summed E-state index contributed by atoms with van der Waals surface area (Å²) in [5.74, 6) is 1.08. The largest absolute Gasteiger partial charge is 0.490 e. The highest BCUT2D eigenvalue weighted by molar-refractivity contribution is 5.93. The molecule has 0 bridgehead atoms. The van der Waals surface area contributed by atoms with E-state index in [4.69, 9.17) is 15.2 Å². The number of hydrogen-bond donors (Lipinski definition) is 3. The van der Waals surface area contributed by atoms with E-state index in [0.717, 1.165) is 49.3 Å². The van der Waals surface area contributed by atoms with Gasteiger partial charge >= 0.3 is 0 Å². The van der Waals surface area contributed by atoms with E-state index in [9.17, 15) is 4.79 Å². The van der Waals surface area contributed by atoms with Crippen molar-refractivity contribution < 1.29 is 9.47 Å². The van der Waals surface area contributed by atoms with Crippen LogP contribution in [-0.2, 0) is 4.74 Å². The van der Waals surface area contributed by atoms with Gasteiger partial charge in [-0.05, 0) is 29.7 Å². The summed E-state index contributed by atoms with van der Waals surface area (Å²) in [5, 5.41) is 0.938. The van der Waals surface area contributed by atoms with E-state index in [1.807, 2.05) is 42.5 Å². The Kier molecular flexibility index (Phi) is 4.86. The minimum absolute atomic E-state index is 0.201. The fraction of sp³-hybridized carbons (Fsp3) is 0.273. The van der Waals surface area contributed by atoms with Crippen molar-refractivity contribution in [3.05, 3.63) is 52.8 Å². The first kappa shape index (κ1) is 18.7. The average Bonchev–Trinajstić information content (AvgIpc) is 3.20. The number of fused-ring (bicyclic) bond motifs is 2. The van der Waals surface area contributed by atoms with Crippen molar-refractivity contribution in [1.82, 2.24) is 19.9 Å². The van der Waals surface area contributed by atoms with Crippen molar-refractivity contribution in [3.8, 4) is 17.1 Å². The van der Waals surface area contributed by atoms with Crippen molar-refractivity contribution in [2.24, 2.45) is 0 Å². The lowest BCUT2D eigenvalue weighted by molar-refractivity contribution is 0.0323. The third kappa shape index (κ3) is 3.51. The number of benzene rings is 2. The zero-order chi connectivity index (χ0) is 20.5. The Balaban J connectivity index is 1.41. The number of nitrogens with zero attached hydrogens (tertiary/aromatic N) is 2. The highest BCUT2D eigenvalue weighted by Gasteiger charge is 2.15. The molecule has 0 aliphatic carbocycles. The minimum Gasteiger partial charge on any atom is -0.490 e. The monoisotopic (exact) mass is 405 g/mol. The molecule has 8 heteroatoms.